The van der Waals surface area contributed by atoms with Crippen LogP contribution in [0.3, 0.4) is 0 Å². The molecule has 0 aliphatic carbocycles. The van der Waals surface area contributed by atoms with E-state index in [2.05, 4.69) is 24.1 Å². The first-order valence-electron chi connectivity index (χ1n) is 6.03. The van der Waals surface area contributed by atoms with Crippen LogP contribution in [0.5, 0.6) is 0 Å². The Labute approximate surface area is 111 Å². The number of ether oxygens (including phenoxy) is 1. The second-order valence-electron chi connectivity index (χ2n) is 4.37. The molecule has 1 unspecified atom stereocenters. The van der Waals surface area contributed by atoms with Crippen molar-refractivity contribution < 1.29 is 14.6 Å². The highest BCUT2D eigenvalue weighted by Gasteiger charge is 2.15. The standard InChI is InChI=1S/C12H20N2O3S/c1-4-17-6-10(8(2)3)14-12-13-9(7-18-12)5-11(15)16/h7-8,10H,4-6H2,1-3H3,(H,13,14)(H,15,16). The number of aromatic nitrogens is 1. The number of nitrogens with zero attached hydrogens (tertiary/aromatic N) is 1. The van der Waals surface area contributed by atoms with Gasteiger partial charge in [0.1, 0.15) is 0 Å². The van der Waals surface area contributed by atoms with E-state index in [1.807, 2.05) is 6.92 Å². The Morgan fingerprint density at radius 3 is 2.89 bits per heavy atom. The van der Waals surface area contributed by atoms with E-state index in [1.54, 1.807) is 5.38 Å². The van der Waals surface area contributed by atoms with Crippen LogP contribution in [0.4, 0.5) is 5.13 Å². The van der Waals surface area contributed by atoms with Crippen molar-refractivity contribution in [1.82, 2.24) is 4.98 Å². The van der Waals surface area contributed by atoms with Gasteiger partial charge in [0.05, 0.1) is 24.8 Å². The van der Waals surface area contributed by atoms with Gasteiger partial charge in [0.25, 0.3) is 0 Å². The molecule has 1 heterocycles. The van der Waals surface area contributed by atoms with Crippen LogP contribution in [0.15, 0.2) is 5.38 Å². The highest BCUT2D eigenvalue weighted by Crippen LogP contribution is 2.19. The molecule has 6 heteroatoms. The van der Waals surface area contributed by atoms with Crippen LogP contribution >= 0.6 is 11.3 Å². The molecule has 0 aliphatic rings. The summed E-state index contributed by atoms with van der Waals surface area (Å²) in [5.74, 6) is -0.440. The van der Waals surface area contributed by atoms with E-state index in [9.17, 15) is 4.79 Å². The van der Waals surface area contributed by atoms with Gasteiger partial charge in [-0.3, -0.25) is 4.79 Å². The van der Waals surface area contributed by atoms with Gasteiger partial charge in [0.2, 0.25) is 0 Å². The van der Waals surface area contributed by atoms with Crippen molar-refractivity contribution in [2.75, 3.05) is 18.5 Å². The molecule has 0 spiro atoms. The van der Waals surface area contributed by atoms with Crippen LogP contribution in [0.2, 0.25) is 0 Å². The number of carbonyl (C=O) groups is 1. The summed E-state index contributed by atoms with van der Waals surface area (Å²) < 4.78 is 5.42. The van der Waals surface area contributed by atoms with Crippen LogP contribution in [0.1, 0.15) is 26.5 Å². The molecule has 18 heavy (non-hydrogen) atoms. The molecule has 0 fully saturated rings. The fourth-order valence-corrected chi connectivity index (χ4v) is 2.19. The monoisotopic (exact) mass is 272 g/mol. The average Bonchev–Trinajstić information content (AvgIpc) is 2.70. The lowest BCUT2D eigenvalue weighted by Crippen LogP contribution is -2.30. The largest absolute Gasteiger partial charge is 0.481 e. The third-order valence-corrected chi connectivity index (χ3v) is 3.32. The molecule has 0 amide bonds. The molecule has 0 saturated carbocycles. The van der Waals surface area contributed by atoms with Crippen molar-refractivity contribution in [3.8, 4) is 0 Å². The van der Waals surface area contributed by atoms with Gasteiger partial charge in [0, 0.05) is 12.0 Å². The van der Waals surface area contributed by atoms with Gasteiger partial charge >= 0.3 is 5.97 Å². The third-order valence-electron chi connectivity index (χ3n) is 2.50. The predicted octanol–water partition coefficient (Wildman–Crippen LogP) is 2.24. The maximum absolute atomic E-state index is 10.6. The van der Waals surface area contributed by atoms with Gasteiger partial charge in [-0.1, -0.05) is 13.8 Å². The summed E-state index contributed by atoms with van der Waals surface area (Å²) in [5.41, 5.74) is 0.592. The molecule has 0 saturated heterocycles. The number of carboxylic acids is 1. The summed E-state index contributed by atoms with van der Waals surface area (Å²) in [6.45, 7) is 7.51. The van der Waals surface area contributed by atoms with Crippen molar-refractivity contribution in [3.63, 3.8) is 0 Å². The average molecular weight is 272 g/mol. The summed E-state index contributed by atoms with van der Waals surface area (Å²) in [6, 6.07) is 0.189. The van der Waals surface area contributed by atoms with Crippen LogP contribution < -0.4 is 5.32 Å². The molecule has 5 nitrogen and oxygen atoms in total. The fraction of sp³-hybridized carbons (Fsp3) is 0.667. The van der Waals surface area contributed by atoms with Crippen molar-refractivity contribution in [2.45, 2.75) is 33.2 Å². The highest BCUT2D eigenvalue weighted by molar-refractivity contribution is 7.13. The Morgan fingerprint density at radius 2 is 2.33 bits per heavy atom. The fourth-order valence-electron chi connectivity index (χ4n) is 1.41. The van der Waals surface area contributed by atoms with Crippen molar-refractivity contribution in [3.05, 3.63) is 11.1 Å². The number of rotatable bonds is 8. The molecule has 2 N–H and O–H groups in total. The minimum absolute atomic E-state index is 0.0318. The number of hydrogen-bond acceptors (Lipinski definition) is 5. The number of carboxylic acid groups (broad SMARTS) is 1. The van der Waals surface area contributed by atoms with Gasteiger partial charge in [-0.25, -0.2) is 4.98 Å². The Bertz CT molecular complexity index is 379. The Hall–Kier alpha value is -1.14. The minimum Gasteiger partial charge on any atom is -0.481 e. The molecule has 1 aromatic heterocycles. The maximum atomic E-state index is 10.6. The summed E-state index contributed by atoms with van der Waals surface area (Å²) in [4.78, 5) is 14.8. The lowest BCUT2D eigenvalue weighted by molar-refractivity contribution is -0.136. The normalized spacial score (nSPS) is 12.7. The number of nitrogens with one attached hydrogen (secondary N) is 1. The molecular weight excluding hydrogens is 252 g/mol. The van der Waals surface area contributed by atoms with E-state index in [0.29, 0.717) is 24.8 Å². The van der Waals surface area contributed by atoms with Gasteiger partial charge < -0.3 is 15.2 Å². The quantitative estimate of drug-likeness (QED) is 0.759. The van der Waals surface area contributed by atoms with Gasteiger partial charge in [-0.2, -0.15) is 0 Å². The maximum Gasteiger partial charge on any atom is 0.309 e. The summed E-state index contributed by atoms with van der Waals surface area (Å²) in [5, 5.41) is 14.5. The van der Waals surface area contributed by atoms with E-state index in [4.69, 9.17) is 9.84 Å². The molecule has 1 rings (SSSR count). The van der Waals surface area contributed by atoms with Gasteiger partial charge in [0.15, 0.2) is 5.13 Å². The molecule has 102 valence electrons. The molecule has 1 aromatic rings. The molecule has 0 aliphatic heterocycles. The lowest BCUT2D eigenvalue weighted by Gasteiger charge is -2.21. The smallest absolute Gasteiger partial charge is 0.309 e. The number of anilines is 1. The number of hydrogen-bond donors (Lipinski definition) is 2. The zero-order valence-corrected chi connectivity index (χ0v) is 11.8. The Balaban J connectivity index is 2.57. The first-order chi connectivity index (χ1) is 8.52. The van der Waals surface area contributed by atoms with Gasteiger partial charge in [-0.15, -0.1) is 11.3 Å². The summed E-state index contributed by atoms with van der Waals surface area (Å²) in [6.07, 6.45) is -0.0318. The van der Waals surface area contributed by atoms with E-state index in [1.165, 1.54) is 11.3 Å². The minimum atomic E-state index is -0.860. The molecule has 1 atom stereocenters. The Morgan fingerprint density at radius 1 is 1.61 bits per heavy atom. The van der Waals surface area contributed by atoms with E-state index in [0.717, 1.165) is 5.13 Å². The SMILES string of the molecule is CCOCC(Nc1nc(CC(=O)O)cs1)C(C)C. The van der Waals surface area contributed by atoms with Crippen molar-refractivity contribution in [1.29, 1.82) is 0 Å². The lowest BCUT2D eigenvalue weighted by atomic mass is 10.1. The van der Waals surface area contributed by atoms with Crippen molar-refractivity contribution >= 4 is 22.4 Å². The van der Waals surface area contributed by atoms with Crippen LogP contribution in [0.25, 0.3) is 0 Å². The van der Waals surface area contributed by atoms with Crippen LogP contribution in [-0.4, -0.2) is 35.3 Å². The molecular formula is C12H20N2O3S. The second-order valence-corrected chi connectivity index (χ2v) is 5.23. The third kappa shape index (κ3) is 5.01. The number of thiazole rings is 1. The van der Waals surface area contributed by atoms with Crippen LogP contribution in [-0.2, 0) is 16.0 Å². The van der Waals surface area contributed by atoms with Gasteiger partial charge in [-0.05, 0) is 12.8 Å². The van der Waals surface area contributed by atoms with E-state index in [-0.39, 0.29) is 12.5 Å². The second kappa shape index (κ2) is 7.33. The topological polar surface area (TPSA) is 71.5 Å². The highest BCUT2D eigenvalue weighted by atomic mass is 32.1. The molecule has 0 bridgehead atoms. The Kier molecular flexibility index (Phi) is 6.07. The van der Waals surface area contributed by atoms with Crippen LogP contribution in [0, 0.1) is 5.92 Å². The molecule has 0 aromatic carbocycles. The zero-order valence-electron chi connectivity index (χ0n) is 11.0. The van der Waals surface area contributed by atoms with Crippen molar-refractivity contribution in [2.24, 2.45) is 5.92 Å². The predicted molar refractivity (Wildman–Crippen MR) is 72.2 cm³/mol. The summed E-state index contributed by atoms with van der Waals surface area (Å²) in [7, 11) is 0. The number of aliphatic carboxylic acids is 1. The van der Waals surface area contributed by atoms with E-state index < -0.39 is 5.97 Å². The summed E-state index contributed by atoms with van der Waals surface area (Å²) >= 11 is 1.43. The first kappa shape index (κ1) is 14.9. The van der Waals surface area contributed by atoms with E-state index >= 15 is 0 Å². The zero-order chi connectivity index (χ0) is 13.5. The first-order valence-corrected chi connectivity index (χ1v) is 6.91. The molecule has 0 radical (unpaired) electrons.